The number of nitrogens with zero attached hydrogens (tertiary/aromatic N) is 2. The van der Waals surface area contributed by atoms with Crippen LogP contribution in [0.3, 0.4) is 0 Å². The number of benzene rings is 2. The van der Waals surface area contributed by atoms with Crippen molar-refractivity contribution in [1.82, 2.24) is 0 Å². The average molecular weight is 340 g/mol. The summed E-state index contributed by atoms with van der Waals surface area (Å²) in [7, 11) is 0. The first-order chi connectivity index (χ1) is 12.0. The van der Waals surface area contributed by atoms with Crippen LogP contribution < -0.4 is 4.74 Å². The molecule has 0 amide bonds. The molecule has 0 unspecified atom stereocenters. The smallest absolute Gasteiger partial charge is 0.311 e. The van der Waals surface area contributed by atoms with E-state index >= 15 is 0 Å². The third-order valence-electron chi connectivity index (χ3n) is 3.48. The molecule has 0 saturated carbocycles. The van der Waals surface area contributed by atoms with Crippen molar-refractivity contribution >= 4 is 11.4 Å². The SMILES string of the molecule is C=CCc1cccc([N+](=O)[O-])c1Oc1c(CC=C)cccc1[N+](=O)[O-]. The summed E-state index contributed by atoms with van der Waals surface area (Å²) >= 11 is 0. The van der Waals surface area contributed by atoms with Crippen molar-refractivity contribution in [1.29, 1.82) is 0 Å². The van der Waals surface area contributed by atoms with Gasteiger partial charge in [0.1, 0.15) is 0 Å². The van der Waals surface area contributed by atoms with Gasteiger partial charge in [0, 0.05) is 23.3 Å². The van der Waals surface area contributed by atoms with Crippen LogP contribution in [-0.2, 0) is 12.8 Å². The van der Waals surface area contributed by atoms with Gasteiger partial charge in [-0.25, -0.2) is 0 Å². The third-order valence-corrected chi connectivity index (χ3v) is 3.48. The maximum Gasteiger partial charge on any atom is 0.311 e. The van der Waals surface area contributed by atoms with Crippen LogP contribution in [0, 0.1) is 20.2 Å². The summed E-state index contributed by atoms with van der Waals surface area (Å²) in [5.41, 5.74) is 0.517. The van der Waals surface area contributed by atoms with Gasteiger partial charge in [-0.2, -0.15) is 0 Å². The summed E-state index contributed by atoms with van der Waals surface area (Å²) in [6, 6.07) is 8.98. The molecule has 0 radical (unpaired) electrons. The van der Waals surface area contributed by atoms with E-state index in [1.54, 1.807) is 24.3 Å². The number of hydrogen-bond acceptors (Lipinski definition) is 5. The predicted molar refractivity (Wildman–Crippen MR) is 94.1 cm³/mol. The summed E-state index contributed by atoms with van der Waals surface area (Å²) in [5, 5.41) is 22.7. The van der Waals surface area contributed by atoms with Crippen LogP contribution in [0.2, 0.25) is 0 Å². The highest BCUT2D eigenvalue weighted by Gasteiger charge is 2.25. The van der Waals surface area contributed by atoms with Crippen LogP contribution in [0.4, 0.5) is 11.4 Å². The van der Waals surface area contributed by atoms with Gasteiger partial charge in [0.2, 0.25) is 11.5 Å². The number of rotatable bonds is 8. The quantitative estimate of drug-likeness (QED) is 0.392. The van der Waals surface area contributed by atoms with Crippen molar-refractivity contribution < 1.29 is 14.6 Å². The van der Waals surface area contributed by atoms with E-state index in [-0.39, 0.29) is 22.9 Å². The van der Waals surface area contributed by atoms with E-state index in [1.807, 2.05) is 0 Å². The number of para-hydroxylation sites is 2. The molecule has 2 rings (SSSR count). The van der Waals surface area contributed by atoms with Gasteiger partial charge < -0.3 is 4.74 Å². The van der Waals surface area contributed by atoms with E-state index in [9.17, 15) is 20.2 Å². The van der Waals surface area contributed by atoms with Gasteiger partial charge in [-0.15, -0.1) is 13.2 Å². The molecule has 0 bridgehead atoms. The van der Waals surface area contributed by atoms with Gasteiger partial charge in [0.15, 0.2) is 0 Å². The zero-order valence-corrected chi connectivity index (χ0v) is 13.4. The number of ether oxygens (including phenoxy) is 1. The number of nitro benzene ring substituents is 2. The maximum atomic E-state index is 11.3. The zero-order chi connectivity index (χ0) is 18.4. The fraction of sp³-hybridized carbons (Fsp3) is 0.111. The van der Waals surface area contributed by atoms with Crippen LogP contribution in [0.15, 0.2) is 61.7 Å². The summed E-state index contributed by atoms with van der Waals surface area (Å²) in [6.07, 6.45) is 3.81. The van der Waals surface area contributed by atoms with Gasteiger partial charge in [-0.3, -0.25) is 20.2 Å². The molecule has 7 nitrogen and oxygen atoms in total. The zero-order valence-electron chi connectivity index (χ0n) is 13.4. The van der Waals surface area contributed by atoms with Crippen LogP contribution in [0.1, 0.15) is 11.1 Å². The van der Waals surface area contributed by atoms with Crippen molar-refractivity contribution in [3.05, 3.63) is 93.1 Å². The molecule has 0 spiro atoms. The van der Waals surface area contributed by atoms with Crippen LogP contribution in [0.25, 0.3) is 0 Å². The molecule has 128 valence electrons. The van der Waals surface area contributed by atoms with Gasteiger partial charge in [-0.1, -0.05) is 36.4 Å². The fourth-order valence-corrected chi connectivity index (χ4v) is 2.40. The lowest BCUT2D eigenvalue weighted by Gasteiger charge is -2.13. The van der Waals surface area contributed by atoms with E-state index in [0.717, 1.165) is 0 Å². The maximum absolute atomic E-state index is 11.3. The minimum atomic E-state index is -0.579. The topological polar surface area (TPSA) is 95.5 Å². The van der Waals surface area contributed by atoms with E-state index in [0.29, 0.717) is 24.0 Å². The third kappa shape index (κ3) is 3.89. The molecule has 0 aliphatic carbocycles. The Bertz CT molecular complexity index is 776. The number of nitro groups is 2. The highest BCUT2D eigenvalue weighted by molar-refractivity contribution is 5.59. The minimum absolute atomic E-state index is 0.0213. The first kappa shape index (κ1) is 17.9. The Balaban J connectivity index is 2.66. The van der Waals surface area contributed by atoms with Crippen molar-refractivity contribution in [3.8, 4) is 11.5 Å². The molecule has 2 aromatic rings. The first-order valence-corrected chi connectivity index (χ1v) is 7.41. The minimum Gasteiger partial charge on any atom is -0.442 e. The van der Waals surface area contributed by atoms with Crippen molar-refractivity contribution in [3.63, 3.8) is 0 Å². The van der Waals surface area contributed by atoms with Gasteiger partial charge in [0.25, 0.3) is 0 Å². The Hall–Kier alpha value is -3.48. The van der Waals surface area contributed by atoms with E-state index < -0.39 is 9.85 Å². The molecule has 0 atom stereocenters. The highest BCUT2D eigenvalue weighted by atomic mass is 16.6. The molecule has 0 aromatic heterocycles. The van der Waals surface area contributed by atoms with Crippen molar-refractivity contribution in [2.24, 2.45) is 0 Å². The lowest BCUT2D eigenvalue weighted by Crippen LogP contribution is -2.02. The standard InChI is InChI=1S/C18H16N2O5/c1-3-7-13-9-5-11-15(19(21)22)17(13)25-18-14(8-4-2)10-6-12-16(18)20(23)24/h3-6,9-12H,1-2,7-8H2. The summed E-state index contributed by atoms with van der Waals surface area (Å²) < 4.78 is 5.75. The van der Waals surface area contributed by atoms with Crippen molar-refractivity contribution in [2.45, 2.75) is 12.8 Å². The first-order valence-electron chi connectivity index (χ1n) is 7.41. The summed E-state index contributed by atoms with van der Waals surface area (Å²) in [6.45, 7) is 7.25. The molecule has 0 aliphatic rings. The Morgan fingerprint density at radius 3 is 1.56 bits per heavy atom. The molecule has 0 N–H and O–H groups in total. The Kier molecular flexibility index (Phi) is 5.62. The molecular weight excluding hydrogens is 324 g/mol. The second-order valence-electron chi connectivity index (χ2n) is 5.13. The number of allylic oxidation sites excluding steroid dienone is 2. The summed E-state index contributed by atoms with van der Waals surface area (Å²) in [4.78, 5) is 21.5. The number of hydrogen-bond donors (Lipinski definition) is 0. The molecule has 0 saturated heterocycles. The van der Waals surface area contributed by atoms with E-state index in [4.69, 9.17) is 4.74 Å². The largest absolute Gasteiger partial charge is 0.442 e. The van der Waals surface area contributed by atoms with E-state index in [1.165, 1.54) is 24.3 Å². The Morgan fingerprint density at radius 1 is 0.840 bits per heavy atom. The van der Waals surface area contributed by atoms with Crippen LogP contribution in [-0.4, -0.2) is 9.85 Å². The summed E-state index contributed by atoms with van der Waals surface area (Å²) in [5.74, 6) is -0.0426. The van der Waals surface area contributed by atoms with Crippen LogP contribution >= 0.6 is 0 Å². The van der Waals surface area contributed by atoms with Crippen molar-refractivity contribution in [2.75, 3.05) is 0 Å². The molecule has 7 heteroatoms. The Morgan fingerprint density at radius 2 is 1.24 bits per heavy atom. The average Bonchev–Trinajstić information content (AvgIpc) is 2.57. The van der Waals surface area contributed by atoms with Gasteiger partial charge >= 0.3 is 11.4 Å². The molecule has 2 aromatic carbocycles. The normalized spacial score (nSPS) is 10.1. The second-order valence-corrected chi connectivity index (χ2v) is 5.13. The van der Waals surface area contributed by atoms with Gasteiger partial charge in [-0.05, 0) is 12.8 Å². The molecule has 0 fully saturated rings. The molecule has 0 heterocycles. The predicted octanol–water partition coefficient (Wildman–Crippen LogP) is 4.75. The molecule has 25 heavy (non-hydrogen) atoms. The highest BCUT2D eigenvalue weighted by Crippen LogP contribution is 2.40. The molecule has 0 aliphatic heterocycles. The van der Waals surface area contributed by atoms with Crippen LogP contribution in [0.5, 0.6) is 11.5 Å². The lowest BCUT2D eigenvalue weighted by molar-refractivity contribution is -0.387. The second kappa shape index (κ2) is 7.87. The lowest BCUT2D eigenvalue weighted by atomic mass is 10.1. The fourth-order valence-electron chi connectivity index (χ4n) is 2.40. The van der Waals surface area contributed by atoms with E-state index in [2.05, 4.69) is 13.2 Å². The Labute approximate surface area is 144 Å². The van der Waals surface area contributed by atoms with Gasteiger partial charge in [0.05, 0.1) is 9.85 Å². The molecular formula is C18H16N2O5. The monoisotopic (exact) mass is 340 g/mol.